The van der Waals surface area contributed by atoms with E-state index >= 15 is 0 Å². The summed E-state index contributed by atoms with van der Waals surface area (Å²) in [6, 6.07) is 0. The van der Waals surface area contributed by atoms with Crippen LogP contribution < -0.4 is 5.32 Å². The van der Waals surface area contributed by atoms with Gasteiger partial charge in [-0.2, -0.15) is 26.3 Å². The lowest BCUT2D eigenvalue weighted by Gasteiger charge is -2.22. The Morgan fingerprint density at radius 3 is 1.50 bits per heavy atom. The summed E-state index contributed by atoms with van der Waals surface area (Å²) in [4.78, 5) is 30.2. The molecule has 1 rings (SSSR count). The first kappa shape index (κ1) is 22.2. The first-order chi connectivity index (χ1) is 9.69. The first-order valence-corrected chi connectivity index (χ1v) is 5.24. The van der Waals surface area contributed by atoms with E-state index < -0.39 is 24.3 Å². The smallest absolute Gasteiger partial charge is 0.475 e. The lowest BCUT2D eigenvalue weighted by molar-refractivity contribution is -0.193. The average Bonchev–Trinajstić information content (AvgIpc) is 2.32. The number of carbonyl (C=O) groups excluding carboxylic acids is 1. The van der Waals surface area contributed by atoms with Crippen molar-refractivity contribution in [2.45, 2.75) is 12.4 Å². The highest BCUT2D eigenvalue weighted by Gasteiger charge is 2.38. The summed E-state index contributed by atoms with van der Waals surface area (Å²) in [5.41, 5.74) is 0. The lowest BCUT2D eigenvalue weighted by Crippen LogP contribution is -2.45. The van der Waals surface area contributed by atoms with E-state index in [0.717, 1.165) is 13.1 Å². The van der Waals surface area contributed by atoms with Crippen LogP contribution in [-0.2, 0) is 14.4 Å². The van der Waals surface area contributed by atoms with Crippen LogP contribution in [0, 0.1) is 0 Å². The number of amides is 1. The normalized spacial score (nSPS) is 15.0. The quantitative estimate of drug-likeness (QED) is 0.547. The number of rotatable bonds is 0. The van der Waals surface area contributed by atoms with Gasteiger partial charge in [0.25, 0.3) is 0 Å². The SMILES string of the molecule is CN1CCNCC1=O.O=C(O)C(F)(F)F.O=C(O)C(F)(F)F. The molecule has 1 saturated heterocycles. The topological polar surface area (TPSA) is 107 Å². The van der Waals surface area contributed by atoms with Crippen molar-refractivity contribution in [1.29, 1.82) is 0 Å². The second-order valence-electron chi connectivity index (χ2n) is 3.60. The van der Waals surface area contributed by atoms with Gasteiger partial charge in [-0.05, 0) is 0 Å². The van der Waals surface area contributed by atoms with Crippen molar-refractivity contribution in [3.05, 3.63) is 0 Å². The van der Waals surface area contributed by atoms with Crippen LogP contribution in [0.1, 0.15) is 0 Å². The van der Waals surface area contributed by atoms with Gasteiger partial charge in [0.1, 0.15) is 0 Å². The molecule has 130 valence electrons. The molecule has 0 spiro atoms. The van der Waals surface area contributed by atoms with Crippen molar-refractivity contribution >= 4 is 17.8 Å². The Kier molecular flexibility index (Phi) is 9.16. The third-order valence-corrected chi connectivity index (χ3v) is 1.81. The molecule has 1 heterocycles. The van der Waals surface area contributed by atoms with Gasteiger partial charge in [-0.3, -0.25) is 4.79 Å². The van der Waals surface area contributed by atoms with E-state index in [1.807, 2.05) is 7.05 Å². The number of nitrogens with one attached hydrogen (secondary N) is 1. The van der Waals surface area contributed by atoms with E-state index in [9.17, 15) is 31.1 Å². The van der Waals surface area contributed by atoms with Gasteiger partial charge in [0.05, 0.1) is 6.54 Å². The molecule has 1 aliphatic heterocycles. The molecule has 0 saturated carbocycles. The number of carbonyl (C=O) groups is 3. The highest BCUT2D eigenvalue weighted by molar-refractivity contribution is 5.78. The van der Waals surface area contributed by atoms with Crippen molar-refractivity contribution in [3.63, 3.8) is 0 Å². The molecular weight excluding hydrogens is 330 g/mol. The van der Waals surface area contributed by atoms with E-state index in [2.05, 4.69) is 5.32 Å². The molecule has 0 aromatic rings. The average molecular weight is 342 g/mol. The summed E-state index contributed by atoms with van der Waals surface area (Å²) in [6.07, 6.45) is -10.2. The van der Waals surface area contributed by atoms with Crippen LogP contribution in [0.2, 0.25) is 0 Å². The van der Waals surface area contributed by atoms with Gasteiger partial charge < -0.3 is 20.4 Å². The summed E-state index contributed by atoms with van der Waals surface area (Å²) >= 11 is 0. The van der Waals surface area contributed by atoms with Gasteiger partial charge in [0, 0.05) is 20.1 Å². The number of halogens is 6. The third kappa shape index (κ3) is 11.7. The van der Waals surface area contributed by atoms with Crippen molar-refractivity contribution in [2.75, 3.05) is 26.7 Å². The predicted molar refractivity (Wildman–Crippen MR) is 57.9 cm³/mol. The summed E-state index contributed by atoms with van der Waals surface area (Å²) in [5, 5.41) is 17.2. The van der Waals surface area contributed by atoms with E-state index in [1.54, 1.807) is 4.90 Å². The number of nitrogens with zero attached hydrogens (tertiary/aromatic N) is 1. The molecule has 0 unspecified atom stereocenters. The van der Waals surface area contributed by atoms with E-state index in [-0.39, 0.29) is 5.91 Å². The fourth-order valence-corrected chi connectivity index (χ4v) is 0.702. The number of alkyl halides is 6. The van der Waals surface area contributed by atoms with Crippen molar-refractivity contribution in [3.8, 4) is 0 Å². The number of likely N-dealkylation sites (N-methyl/N-ethyl adjacent to an activating group) is 1. The van der Waals surface area contributed by atoms with Crippen molar-refractivity contribution in [1.82, 2.24) is 10.2 Å². The summed E-state index contributed by atoms with van der Waals surface area (Å²) in [5.74, 6) is -5.32. The van der Waals surface area contributed by atoms with Crippen LogP contribution in [0.25, 0.3) is 0 Å². The fraction of sp³-hybridized carbons (Fsp3) is 0.667. The number of hydrogen-bond acceptors (Lipinski definition) is 4. The Hall–Kier alpha value is -2.05. The Labute approximate surface area is 119 Å². The highest BCUT2D eigenvalue weighted by Crippen LogP contribution is 2.13. The van der Waals surface area contributed by atoms with E-state index in [1.165, 1.54) is 0 Å². The van der Waals surface area contributed by atoms with Crippen molar-refractivity contribution < 1.29 is 50.9 Å². The van der Waals surface area contributed by atoms with Crippen LogP contribution in [-0.4, -0.2) is 72.0 Å². The molecule has 22 heavy (non-hydrogen) atoms. The molecule has 0 radical (unpaired) electrons. The number of carboxylic acid groups (broad SMARTS) is 2. The zero-order valence-corrected chi connectivity index (χ0v) is 11.0. The molecule has 0 atom stereocenters. The zero-order chi connectivity index (χ0) is 18.1. The number of carboxylic acids is 2. The van der Waals surface area contributed by atoms with Crippen LogP contribution in [0.4, 0.5) is 26.3 Å². The number of aliphatic carboxylic acids is 2. The van der Waals surface area contributed by atoms with Gasteiger partial charge >= 0.3 is 24.3 Å². The molecule has 0 aromatic heterocycles. The maximum absolute atomic E-state index is 10.7. The number of hydrogen-bond donors (Lipinski definition) is 3. The largest absolute Gasteiger partial charge is 0.490 e. The maximum atomic E-state index is 10.7. The summed E-state index contributed by atoms with van der Waals surface area (Å²) in [6.45, 7) is 2.29. The standard InChI is InChI=1S/C5H10N2O.2C2HF3O2/c1-7-3-2-6-4-5(7)8;2*3-2(4,5)1(6)7/h6H,2-4H2,1H3;2*(H,6,7). The van der Waals surface area contributed by atoms with E-state index in [0.29, 0.717) is 6.54 Å². The highest BCUT2D eigenvalue weighted by atomic mass is 19.4. The van der Waals surface area contributed by atoms with Crippen LogP contribution >= 0.6 is 0 Å². The predicted octanol–water partition coefficient (Wildman–Crippen LogP) is 0.315. The van der Waals surface area contributed by atoms with Gasteiger partial charge in [-0.25, -0.2) is 9.59 Å². The molecule has 13 heteroatoms. The minimum atomic E-state index is -5.08. The summed E-state index contributed by atoms with van der Waals surface area (Å²) < 4.78 is 63.5. The molecular formula is C9H12F6N2O5. The minimum Gasteiger partial charge on any atom is -0.475 e. The molecule has 0 aromatic carbocycles. The van der Waals surface area contributed by atoms with E-state index in [4.69, 9.17) is 19.8 Å². The molecule has 3 N–H and O–H groups in total. The molecule has 0 bridgehead atoms. The Morgan fingerprint density at radius 2 is 1.36 bits per heavy atom. The fourth-order valence-electron chi connectivity index (χ4n) is 0.702. The Balaban J connectivity index is 0. The van der Waals surface area contributed by atoms with Gasteiger partial charge in [0.15, 0.2) is 0 Å². The second kappa shape index (κ2) is 9.07. The summed E-state index contributed by atoms with van der Waals surface area (Å²) in [7, 11) is 1.82. The van der Waals surface area contributed by atoms with Crippen molar-refractivity contribution in [2.24, 2.45) is 0 Å². The maximum Gasteiger partial charge on any atom is 0.490 e. The molecule has 1 fully saturated rings. The van der Waals surface area contributed by atoms with Crippen LogP contribution in [0.15, 0.2) is 0 Å². The molecule has 7 nitrogen and oxygen atoms in total. The monoisotopic (exact) mass is 342 g/mol. The number of piperazine rings is 1. The molecule has 0 aliphatic carbocycles. The first-order valence-electron chi connectivity index (χ1n) is 5.24. The lowest BCUT2D eigenvalue weighted by atomic mass is 10.4. The van der Waals surface area contributed by atoms with Gasteiger partial charge in [-0.1, -0.05) is 0 Å². The zero-order valence-electron chi connectivity index (χ0n) is 11.0. The molecule has 1 aliphatic rings. The minimum absolute atomic E-state index is 0.191. The van der Waals surface area contributed by atoms with Crippen LogP contribution in [0.3, 0.4) is 0 Å². The molecule has 1 amide bonds. The van der Waals surface area contributed by atoms with Crippen LogP contribution in [0.5, 0.6) is 0 Å². The Bertz CT molecular complexity index is 371. The second-order valence-corrected chi connectivity index (χ2v) is 3.60. The Morgan fingerprint density at radius 1 is 1.05 bits per heavy atom. The third-order valence-electron chi connectivity index (χ3n) is 1.81. The van der Waals surface area contributed by atoms with Gasteiger partial charge in [-0.15, -0.1) is 0 Å². The van der Waals surface area contributed by atoms with Gasteiger partial charge in [0.2, 0.25) is 5.91 Å².